The molecule has 0 saturated carbocycles. The van der Waals surface area contributed by atoms with Crippen LogP contribution in [0, 0.1) is 0 Å². The molecule has 4 nitrogen and oxygen atoms in total. The zero-order valence-electron chi connectivity index (χ0n) is 10.3. The van der Waals surface area contributed by atoms with Gasteiger partial charge in [0.1, 0.15) is 5.82 Å². The summed E-state index contributed by atoms with van der Waals surface area (Å²) in [7, 11) is 1.85. The third-order valence-electron chi connectivity index (χ3n) is 3.09. The Labute approximate surface area is 102 Å². The number of hydrogen-bond donors (Lipinski definition) is 1. The molecule has 0 bridgehead atoms. The molecule has 0 spiro atoms. The zero-order chi connectivity index (χ0) is 12.1. The summed E-state index contributed by atoms with van der Waals surface area (Å²) in [5, 5.41) is 3.01. The fourth-order valence-electron chi connectivity index (χ4n) is 2.11. The van der Waals surface area contributed by atoms with Crippen molar-refractivity contribution in [1.82, 2.24) is 9.88 Å². The number of carbonyl (C=O) groups is 1. The van der Waals surface area contributed by atoms with Crippen LogP contribution in [-0.2, 0) is 11.3 Å². The van der Waals surface area contributed by atoms with Gasteiger partial charge in [0.15, 0.2) is 0 Å². The highest BCUT2D eigenvalue weighted by molar-refractivity contribution is 5.76. The Hall–Kier alpha value is -1.58. The maximum atomic E-state index is 11.9. The van der Waals surface area contributed by atoms with Crippen molar-refractivity contribution in [3.05, 3.63) is 23.9 Å². The fourth-order valence-corrected chi connectivity index (χ4v) is 2.11. The molecule has 0 aliphatic carbocycles. The van der Waals surface area contributed by atoms with Crippen molar-refractivity contribution in [2.45, 2.75) is 32.2 Å². The van der Waals surface area contributed by atoms with E-state index in [0.29, 0.717) is 13.0 Å². The van der Waals surface area contributed by atoms with Gasteiger partial charge in [-0.3, -0.25) is 4.79 Å². The largest absolute Gasteiger partial charge is 0.373 e. The summed E-state index contributed by atoms with van der Waals surface area (Å²) < 4.78 is 0. The highest BCUT2D eigenvalue weighted by Crippen LogP contribution is 2.14. The molecule has 1 amide bonds. The highest BCUT2D eigenvalue weighted by Gasteiger charge is 2.16. The second kappa shape index (κ2) is 5.66. The smallest absolute Gasteiger partial charge is 0.222 e. The minimum atomic E-state index is 0.263. The summed E-state index contributed by atoms with van der Waals surface area (Å²) >= 11 is 0. The molecule has 2 heterocycles. The van der Waals surface area contributed by atoms with Gasteiger partial charge in [-0.2, -0.15) is 0 Å². The van der Waals surface area contributed by atoms with Gasteiger partial charge in [-0.05, 0) is 25.0 Å². The number of hydrogen-bond acceptors (Lipinski definition) is 3. The second-order valence-electron chi connectivity index (χ2n) is 4.39. The van der Waals surface area contributed by atoms with Crippen LogP contribution in [0.15, 0.2) is 18.2 Å². The Morgan fingerprint density at radius 3 is 3.06 bits per heavy atom. The molecule has 0 unspecified atom stereocenters. The number of likely N-dealkylation sites (tertiary alicyclic amines) is 1. The topological polar surface area (TPSA) is 45.2 Å². The van der Waals surface area contributed by atoms with E-state index in [1.807, 2.05) is 30.1 Å². The van der Waals surface area contributed by atoms with E-state index in [0.717, 1.165) is 37.3 Å². The quantitative estimate of drug-likeness (QED) is 0.868. The molecule has 1 N–H and O–H groups in total. The monoisotopic (exact) mass is 233 g/mol. The summed E-state index contributed by atoms with van der Waals surface area (Å²) in [6, 6.07) is 5.86. The van der Waals surface area contributed by atoms with Crippen LogP contribution in [-0.4, -0.2) is 29.4 Å². The number of rotatable bonds is 3. The summed E-state index contributed by atoms with van der Waals surface area (Å²) in [6.45, 7) is 1.50. The molecule has 1 aromatic heterocycles. The van der Waals surface area contributed by atoms with Crippen molar-refractivity contribution in [1.29, 1.82) is 0 Å². The molecule has 1 aliphatic rings. The van der Waals surface area contributed by atoms with Gasteiger partial charge in [0.2, 0.25) is 5.91 Å². The van der Waals surface area contributed by atoms with Crippen LogP contribution < -0.4 is 5.32 Å². The lowest BCUT2D eigenvalue weighted by atomic mass is 10.2. The number of nitrogens with one attached hydrogen (secondary N) is 1. The Morgan fingerprint density at radius 1 is 1.35 bits per heavy atom. The Bertz CT molecular complexity index is 392. The number of amides is 1. The minimum absolute atomic E-state index is 0.263. The van der Waals surface area contributed by atoms with Crippen molar-refractivity contribution in [2.75, 3.05) is 18.9 Å². The molecule has 0 atom stereocenters. The van der Waals surface area contributed by atoms with Crippen LogP contribution in [0.1, 0.15) is 31.4 Å². The maximum absolute atomic E-state index is 11.9. The lowest BCUT2D eigenvalue weighted by Crippen LogP contribution is -2.30. The molecule has 1 saturated heterocycles. The fraction of sp³-hybridized carbons (Fsp3) is 0.538. The molecule has 92 valence electrons. The van der Waals surface area contributed by atoms with E-state index < -0.39 is 0 Å². The van der Waals surface area contributed by atoms with Crippen molar-refractivity contribution >= 4 is 11.7 Å². The number of anilines is 1. The minimum Gasteiger partial charge on any atom is -0.373 e. The number of carbonyl (C=O) groups excluding carboxylic acids is 1. The first-order valence-corrected chi connectivity index (χ1v) is 6.21. The van der Waals surface area contributed by atoms with Gasteiger partial charge in [0, 0.05) is 20.0 Å². The lowest BCUT2D eigenvalue weighted by molar-refractivity contribution is -0.131. The van der Waals surface area contributed by atoms with E-state index in [1.165, 1.54) is 0 Å². The summed E-state index contributed by atoms with van der Waals surface area (Å²) in [5.74, 6) is 1.11. The van der Waals surface area contributed by atoms with Crippen molar-refractivity contribution in [3.63, 3.8) is 0 Å². The third-order valence-corrected chi connectivity index (χ3v) is 3.09. The summed E-state index contributed by atoms with van der Waals surface area (Å²) in [6.07, 6.45) is 3.98. The molecule has 1 aromatic rings. The highest BCUT2D eigenvalue weighted by atomic mass is 16.2. The number of aromatic nitrogens is 1. The molecule has 0 radical (unpaired) electrons. The molecule has 2 rings (SSSR count). The van der Waals surface area contributed by atoms with Crippen molar-refractivity contribution in [2.24, 2.45) is 0 Å². The van der Waals surface area contributed by atoms with Crippen molar-refractivity contribution < 1.29 is 4.79 Å². The van der Waals surface area contributed by atoms with E-state index >= 15 is 0 Å². The van der Waals surface area contributed by atoms with Crippen LogP contribution in [0.5, 0.6) is 0 Å². The first kappa shape index (κ1) is 11.9. The van der Waals surface area contributed by atoms with E-state index in [2.05, 4.69) is 10.3 Å². The molecular formula is C13H19N3O. The predicted molar refractivity (Wildman–Crippen MR) is 67.7 cm³/mol. The Balaban J connectivity index is 2.05. The standard InChI is InChI=1S/C13H19N3O/c1-14-12-7-5-6-11(15-12)10-16-9-4-2-3-8-13(16)17/h5-7H,2-4,8-10H2,1H3,(H,14,15). The van der Waals surface area contributed by atoms with Gasteiger partial charge < -0.3 is 10.2 Å². The van der Waals surface area contributed by atoms with Crippen LogP contribution in [0.4, 0.5) is 5.82 Å². The molecular weight excluding hydrogens is 214 g/mol. The molecule has 1 fully saturated rings. The van der Waals surface area contributed by atoms with E-state index in [1.54, 1.807) is 0 Å². The molecule has 1 aliphatic heterocycles. The van der Waals surface area contributed by atoms with E-state index in [-0.39, 0.29) is 5.91 Å². The number of nitrogens with zero attached hydrogens (tertiary/aromatic N) is 2. The summed E-state index contributed by atoms with van der Waals surface area (Å²) in [4.78, 5) is 18.2. The molecule has 4 heteroatoms. The SMILES string of the molecule is CNc1cccc(CN2CCCCCC2=O)n1. The van der Waals surface area contributed by atoms with E-state index in [9.17, 15) is 4.79 Å². The first-order chi connectivity index (χ1) is 8.29. The average molecular weight is 233 g/mol. The van der Waals surface area contributed by atoms with Crippen LogP contribution in [0.3, 0.4) is 0 Å². The van der Waals surface area contributed by atoms with Gasteiger partial charge >= 0.3 is 0 Å². The van der Waals surface area contributed by atoms with Gasteiger partial charge in [-0.25, -0.2) is 4.98 Å². The van der Waals surface area contributed by atoms with Gasteiger partial charge in [-0.1, -0.05) is 12.5 Å². The van der Waals surface area contributed by atoms with Crippen molar-refractivity contribution in [3.8, 4) is 0 Å². The zero-order valence-corrected chi connectivity index (χ0v) is 10.3. The third kappa shape index (κ3) is 3.19. The van der Waals surface area contributed by atoms with E-state index in [4.69, 9.17) is 0 Å². The van der Waals surface area contributed by atoms with Crippen LogP contribution >= 0.6 is 0 Å². The number of pyridine rings is 1. The van der Waals surface area contributed by atoms with Crippen LogP contribution in [0.25, 0.3) is 0 Å². The lowest BCUT2D eigenvalue weighted by Gasteiger charge is -2.20. The van der Waals surface area contributed by atoms with Gasteiger partial charge in [-0.15, -0.1) is 0 Å². The predicted octanol–water partition coefficient (Wildman–Crippen LogP) is 2.03. The van der Waals surface area contributed by atoms with Gasteiger partial charge in [0.25, 0.3) is 0 Å². The van der Waals surface area contributed by atoms with Gasteiger partial charge in [0.05, 0.1) is 12.2 Å². The Morgan fingerprint density at radius 2 is 2.24 bits per heavy atom. The molecule has 0 aromatic carbocycles. The summed E-state index contributed by atoms with van der Waals surface area (Å²) in [5.41, 5.74) is 0.951. The normalized spacial score (nSPS) is 16.8. The average Bonchev–Trinajstić information content (AvgIpc) is 2.55. The second-order valence-corrected chi connectivity index (χ2v) is 4.39. The molecule has 17 heavy (non-hydrogen) atoms. The first-order valence-electron chi connectivity index (χ1n) is 6.21. The maximum Gasteiger partial charge on any atom is 0.222 e. The Kier molecular flexibility index (Phi) is 3.96. The van der Waals surface area contributed by atoms with Crippen LogP contribution in [0.2, 0.25) is 0 Å².